The van der Waals surface area contributed by atoms with E-state index in [-0.39, 0.29) is 11.5 Å². The molecule has 1 aromatic heterocycles. The molecule has 0 unspecified atom stereocenters. The van der Waals surface area contributed by atoms with E-state index in [1.165, 1.54) is 6.20 Å². The molecule has 0 spiro atoms. The fourth-order valence-electron chi connectivity index (χ4n) is 3.50. The average Bonchev–Trinajstić information content (AvgIpc) is 2.79. The number of nitrogens with one attached hydrogen (secondary N) is 1. The molecule has 1 aliphatic rings. The smallest absolute Gasteiger partial charge is 0.264 e. The van der Waals surface area contributed by atoms with Gasteiger partial charge >= 0.3 is 0 Å². The number of H-pyrrole nitrogens is 1. The van der Waals surface area contributed by atoms with Gasteiger partial charge in [-0.05, 0) is 12.1 Å². The molecule has 1 aliphatic heterocycles. The van der Waals surface area contributed by atoms with Crippen LogP contribution in [-0.4, -0.2) is 54.1 Å². The average molecular weight is 390 g/mol. The third-order valence-corrected chi connectivity index (χ3v) is 5.07. The summed E-state index contributed by atoms with van der Waals surface area (Å²) < 4.78 is 5.43. The molecule has 0 bridgehead atoms. The van der Waals surface area contributed by atoms with Crippen LogP contribution in [0.3, 0.4) is 0 Å². The molecule has 148 valence electrons. The lowest BCUT2D eigenvalue weighted by Gasteiger charge is -2.36. The molecule has 4 rings (SSSR count). The predicted molar refractivity (Wildman–Crippen MR) is 111 cm³/mol. The highest BCUT2D eigenvalue weighted by Gasteiger charge is 2.25. The summed E-state index contributed by atoms with van der Waals surface area (Å²) >= 11 is 0. The second kappa shape index (κ2) is 8.18. The fraction of sp³-hybridized carbons (Fsp3) is 0.227. The maximum absolute atomic E-state index is 12.9. The van der Waals surface area contributed by atoms with Crippen molar-refractivity contribution in [2.45, 2.75) is 0 Å². The van der Waals surface area contributed by atoms with Crippen LogP contribution in [0.4, 0.5) is 5.69 Å². The molecule has 0 radical (unpaired) electrons. The van der Waals surface area contributed by atoms with E-state index in [0.717, 1.165) is 17.0 Å². The minimum absolute atomic E-state index is 0.0652. The molecule has 3 aromatic rings. The molecule has 2 aromatic carbocycles. The van der Waals surface area contributed by atoms with Gasteiger partial charge in [-0.1, -0.05) is 42.5 Å². The van der Waals surface area contributed by atoms with E-state index in [2.05, 4.69) is 14.9 Å². The van der Waals surface area contributed by atoms with Gasteiger partial charge in [0.15, 0.2) is 0 Å². The number of hydrogen-bond donors (Lipinski definition) is 1. The van der Waals surface area contributed by atoms with Gasteiger partial charge in [-0.3, -0.25) is 9.59 Å². The van der Waals surface area contributed by atoms with Gasteiger partial charge in [0.05, 0.1) is 12.8 Å². The number of rotatable bonds is 4. The van der Waals surface area contributed by atoms with Crippen molar-refractivity contribution in [3.63, 3.8) is 0 Å². The highest BCUT2D eigenvalue weighted by Crippen LogP contribution is 2.28. The molecule has 2 heterocycles. The first-order valence-electron chi connectivity index (χ1n) is 9.49. The Labute approximate surface area is 168 Å². The number of carbonyl (C=O) groups excluding carboxylic acids is 1. The van der Waals surface area contributed by atoms with E-state index >= 15 is 0 Å². The van der Waals surface area contributed by atoms with Gasteiger partial charge in [-0.25, -0.2) is 4.98 Å². The van der Waals surface area contributed by atoms with Crippen molar-refractivity contribution >= 4 is 11.6 Å². The largest absolute Gasteiger partial charge is 0.495 e. The van der Waals surface area contributed by atoms with Crippen LogP contribution in [0.15, 0.2) is 65.6 Å². The van der Waals surface area contributed by atoms with Crippen LogP contribution in [0, 0.1) is 0 Å². The van der Waals surface area contributed by atoms with E-state index in [1.807, 2.05) is 54.6 Å². The Hall–Kier alpha value is -3.61. The number of carbonyl (C=O) groups is 1. The van der Waals surface area contributed by atoms with Gasteiger partial charge < -0.3 is 19.5 Å². The molecule has 1 saturated heterocycles. The maximum Gasteiger partial charge on any atom is 0.264 e. The summed E-state index contributed by atoms with van der Waals surface area (Å²) in [6, 6.07) is 17.2. The number of benzene rings is 2. The number of hydrogen-bond acceptors (Lipinski definition) is 5. The van der Waals surface area contributed by atoms with E-state index < -0.39 is 5.56 Å². The van der Waals surface area contributed by atoms with Crippen molar-refractivity contribution in [2.24, 2.45) is 0 Å². The molecule has 7 nitrogen and oxygen atoms in total. The number of amides is 1. The topological polar surface area (TPSA) is 78.5 Å². The minimum Gasteiger partial charge on any atom is -0.495 e. The summed E-state index contributed by atoms with van der Waals surface area (Å²) in [7, 11) is 1.65. The van der Waals surface area contributed by atoms with Crippen molar-refractivity contribution in [1.82, 2.24) is 14.9 Å². The molecule has 1 N–H and O–H groups in total. The van der Waals surface area contributed by atoms with Crippen LogP contribution < -0.4 is 15.2 Å². The lowest BCUT2D eigenvalue weighted by molar-refractivity contribution is 0.0744. The van der Waals surface area contributed by atoms with Crippen molar-refractivity contribution in [3.05, 3.63) is 76.7 Å². The highest BCUT2D eigenvalue weighted by molar-refractivity contribution is 5.93. The molecule has 1 fully saturated rings. The summed E-state index contributed by atoms with van der Waals surface area (Å²) in [5, 5.41) is 0. The number of anilines is 1. The Balaban J connectivity index is 1.47. The molecular formula is C22H22N4O3. The van der Waals surface area contributed by atoms with Gasteiger partial charge in [-0.15, -0.1) is 0 Å². The fourth-order valence-corrected chi connectivity index (χ4v) is 3.50. The van der Waals surface area contributed by atoms with Crippen molar-refractivity contribution in [3.8, 4) is 17.1 Å². The first-order valence-corrected chi connectivity index (χ1v) is 9.49. The zero-order valence-electron chi connectivity index (χ0n) is 16.2. The number of aromatic nitrogens is 2. The Kier molecular flexibility index (Phi) is 5.29. The van der Waals surface area contributed by atoms with Crippen molar-refractivity contribution in [2.75, 3.05) is 38.2 Å². The van der Waals surface area contributed by atoms with E-state index in [0.29, 0.717) is 32.0 Å². The lowest BCUT2D eigenvalue weighted by atomic mass is 10.2. The standard InChI is InChI=1S/C22H22N4O3/c1-29-19-10-6-5-9-18(19)25-11-13-26(14-12-25)22(28)17-15-23-20(24-21(17)27)16-7-3-2-4-8-16/h2-10,15H,11-14H2,1H3,(H,23,24,27). The van der Waals surface area contributed by atoms with Crippen LogP contribution >= 0.6 is 0 Å². The summed E-state index contributed by atoms with van der Waals surface area (Å²) in [5.41, 5.74) is 1.45. The highest BCUT2D eigenvalue weighted by atomic mass is 16.5. The third-order valence-electron chi connectivity index (χ3n) is 5.07. The van der Waals surface area contributed by atoms with Crippen LogP contribution in [0.2, 0.25) is 0 Å². The Morgan fingerprint density at radius 1 is 1.00 bits per heavy atom. The summed E-state index contributed by atoms with van der Waals surface area (Å²) in [6.45, 7) is 2.38. The van der Waals surface area contributed by atoms with Gasteiger partial charge in [-0.2, -0.15) is 0 Å². The zero-order valence-corrected chi connectivity index (χ0v) is 16.2. The number of piperazine rings is 1. The second-order valence-corrected chi connectivity index (χ2v) is 6.79. The third kappa shape index (κ3) is 3.85. The van der Waals surface area contributed by atoms with E-state index in [4.69, 9.17) is 4.74 Å². The summed E-state index contributed by atoms with van der Waals surface area (Å²) in [4.78, 5) is 36.2. The summed E-state index contributed by atoms with van der Waals surface area (Å²) in [5.74, 6) is 0.968. The Morgan fingerprint density at radius 2 is 1.69 bits per heavy atom. The predicted octanol–water partition coefficient (Wildman–Crippen LogP) is 2.41. The zero-order chi connectivity index (χ0) is 20.2. The van der Waals surface area contributed by atoms with E-state index in [1.54, 1.807) is 12.0 Å². The number of aromatic amines is 1. The van der Waals surface area contributed by atoms with Gasteiger partial charge in [0.25, 0.3) is 11.5 Å². The molecule has 1 amide bonds. The molecule has 0 saturated carbocycles. The number of para-hydroxylation sites is 2. The molecule has 7 heteroatoms. The Morgan fingerprint density at radius 3 is 2.38 bits per heavy atom. The van der Waals surface area contributed by atoms with Gasteiger partial charge in [0, 0.05) is 37.9 Å². The van der Waals surface area contributed by atoms with Crippen LogP contribution in [0.5, 0.6) is 5.75 Å². The number of nitrogens with zero attached hydrogens (tertiary/aromatic N) is 3. The van der Waals surface area contributed by atoms with Gasteiger partial charge in [0.1, 0.15) is 17.1 Å². The normalized spacial score (nSPS) is 14.0. The number of methoxy groups -OCH3 is 1. The summed E-state index contributed by atoms with van der Waals surface area (Å²) in [6.07, 6.45) is 1.37. The maximum atomic E-state index is 12.9. The molecule has 0 atom stereocenters. The number of ether oxygens (including phenoxy) is 1. The van der Waals surface area contributed by atoms with Crippen molar-refractivity contribution in [1.29, 1.82) is 0 Å². The monoisotopic (exact) mass is 390 g/mol. The first-order chi connectivity index (χ1) is 14.2. The van der Waals surface area contributed by atoms with Crippen LogP contribution in [0.25, 0.3) is 11.4 Å². The molecular weight excluding hydrogens is 368 g/mol. The Bertz CT molecular complexity index is 1060. The molecule has 29 heavy (non-hydrogen) atoms. The lowest BCUT2D eigenvalue weighted by Crippen LogP contribution is -2.49. The molecule has 0 aliphatic carbocycles. The van der Waals surface area contributed by atoms with Crippen LogP contribution in [0.1, 0.15) is 10.4 Å². The first kappa shape index (κ1) is 18.7. The van der Waals surface area contributed by atoms with Crippen molar-refractivity contribution < 1.29 is 9.53 Å². The minimum atomic E-state index is -0.420. The quantitative estimate of drug-likeness (QED) is 0.740. The van der Waals surface area contributed by atoms with E-state index in [9.17, 15) is 9.59 Å². The SMILES string of the molecule is COc1ccccc1N1CCN(C(=O)c2cnc(-c3ccccc3)[nH]c2=O)CC1. The van der Waals surface area contributed by atoms with Crippen LogP contribution in [-0.2, 0) is 0 Å². The second-order valence-electron chi connectivity index (χ2n) is 6.79. The van der Waals surface area contributed by atoms with Gasteiger partial charge in [0.2, 0.25) is 0 Å².